The van der Waals surface area contributed by atoms with E-state index in [2.05, 4.69) is 0 Å². The molecule has 0 aliphatic heterocycles. The summed E-state index contributed by atoms with van der Waals surface area (Å²) >= 11 is 0.915. The summed E-state index contributed by atoms with van der Waals surface area (Å²) in [6.07, 6.45) is -2.13. The summed E-state index contributed by atoms with van der Waals surface area (Å²) < 4.78 is 39.0. The molecule has 94 valence electrons. The van der Waals surface area contributed by atoms with E-state index in [1.165, 1.54) is 0 Å². The highest BCUT2D eigenvalue weighted by molar-refractivity contribution is 7.99. The summed E-state index contributed by atoms with van der Waals surface area (Å²) in [4.78, 5) is 10.4. The van der Waals surface area contributed by atoms with Crippen molar-refractivity contribution < 1.29 is 23.1 Å². The largest absolute Gasteiger partial charge is 0.478 e. The molecule has 1 aromatic rings. The number of carboxylic acid groups (broad SMARTS) is 1. The molecule has 0 saturated heterocycles. The molecule has 0 aromatic heterocycles. The van der Waals surface area contributed by atoms with Crippen molar-refractivity contribution in [3.63, 3.8) is 0 Å². The van der Waals surface area contributed by atoms with Gasteiger partial charge in [-0.15, -0.1) is 11.8 Å². The Morgan fingerprint density at radius 3 is 2.59 bits per heavy atom. The molecule has 0 unspecified atom stereocenters. The van der Waals surface area contributed by atoms with Crippen LogP contribution in [0.25, 0.3) is 0 Å². The van der Waals surface area contributed by atoms with E-state index in [0.29, 0.717) is 12.2 Å². The standard InChI is InChI=1S/C11H11F3O2S/c1-2-5-17-9-7(10(13)14)4-3-6(8(9)12)11(15)16/h3-4,10H,2,5H2,1H3,(H,15,16). The zero-order valence-corrected chi connectivity index (χ0v) is 9.86. The molecule has 0 fully saturated rings. The van der Waals surface area contributed by atoms with Crippen LogP contribution in [0.1, 0.15) is 35.7 Å². The van der Waals surface area contributed by atoms with Gasteiger partial charge < -0.3 is 5.11 Å². The number of hydrogen-bond acceptors (Lipinski definition) is 2. The Bertz CT molecular complexity index is 421. The van der Waals surface area contributed by atoms with Crippen molar-refractivity contribution in [2.45, 2.75) is 24.7 Å². The predicted octanol–water partition coefficient (Wildman–Crippen LogP) is 3.96. The van der Waals surface area contributed by atoms with Gasteiger partial charge in [0.25, 0.3) is 6.43 Å². The number of benzene rings is 1. The number of rotatable bonds is 5. The topological polar surface area (TPSA) is 37.3 Å². The van der Waals surface area contributed by atoms with Crippen LogP contribution in [0.2, 0.25) is 0 Å². The number of thioether (sulfide) groups is 1. The van der Waals surface area contributed by atoms with E-state index in [4.69, 9.17) is 5.11 Å². The number of halogens is 3. The molecule has 0 spiro atoms. The van der Waals surface area contributed by atoms with E-state index in [0.717, 1.165) is 23.9 Å². The normalized spacial score (nSPS) is 10.9. The molecule has 0 amide bonds. The fraction of sp³-hybridized carbons (Fsp3) is 0.364. The summed E-state index contributed by atoms with van der Waals surface area (Å²) in [6.45, 7) is 1.83. The molecule has 0 saturated carbocycles. The van der Waals surface area contributed by atoms with Gasteiger partial charge >= 0.3 is 5.97 Å². The van der Waals surface area contributed by atoms with Crippen LogP contribution in [0, 0.1) is 5.82 Å². The number of carbonyl (C=O) groups is 1. The highest BCUT2D eigenvalue weighted by Crippen LogP contribution is 2.34. The maximum atomic E-state index is 13.7. The predicted molar refractivity (Wildman–Crippen MR) is 59.3 cm³/mol. The highest BCUT2D eigenvalue weighted by Gasteiger charge is 2.22. The van der Waals surface area contributed by atoms with E-state index in [-0.39, 0.29) is 4.90 Å². The van der Waals surface area contributed by atoms with Crippen LogP contribution in [0.5, 0.6) is 0 Å². The van der Waals surface area contributed by atoms with Crippen molar-refractivity contribution in [1.29, 1.82) is 0 Å². The van der Waals surface area contributed by atoms with Crippen LogP contribution < -0.4 is 0 Å². The maximum absolute atomic E-state index is 13.7. The van der Waals surface area contributed by atoms with Crippen molar-refractivity contribution in [3.05, 3.63) is 29.1 Å². The molecule has 6 heteroatoms. The van der Waals surface area contributed by atoms with Gasteiger partial charge in [0, 0.05) is 5.56 Å². The third kappa shape index (κ3) is 3.15. The fourth-order valence-electron chi connectivity index (χ4n) is 1.26. The number of aromatic carboxylic acids is 1. The lowest BCUT2D eigenvalue weighted by molar-refractivity contribution is 0.0690. The number of carboxylic acids is 1. The summed E-state index contributed by atoms with van der Waals surface area (Å²) in [5, 5.41) is 8.71. The van der Waals surface area contributed by atoms with Gasteiger partial charge in [-0.2, -0.15) is 0 Å². The Labute approximate surface area is 101 Å². The second-order valence-corrected chi connectivity index (χ2v) is 4.40. The summed E-state index contributed by atoms with van der Waals surface area (Å²) in [5.74, 6) is -2.07. The Kier molecular flexibility index (Phi) is 4.86. The summed E-state index contributed by atoms with van der Waals surface area (Å²) in [7, 11) is 0. The molecule has 0 radical (unpaired) electrons. The lowest BCUT2D eigenvalue weighted by atomic mass is 10.1. The molecule has 1 N–H and O–H groups in total. The molecule has 1 rings (SSSR count). The van der Waals surface area contributed by atoms with Crippen molar-refractivity contribution in [1.82, 2.24) is 0 Å². The lowest BCUT2D eigenvalue weighted by Crippen LogP contribution is -2.04. The Balaban J connectivity index is 3.26. The Hall–Kier alpha value is -1.17. The van der Waals surface area contributed by atoms with Gasteiger partial charge in [0.05, 0.1) is 10.5 Å². The van der Waals surface area contributed by atoms with Crippen molar-refractivity contribution in [2.24, 2.45) is 0 Å². The van der Waals surface area contributed by atoms with E-state index in [1.807, 2.05) is 6.92 Å². The first-order valence-corrected chi connectivity index (χ1v) is 5.94. The molecule has 1 aromatic carbocycles. The smallest absolute Gasteiger partial charge is 0.338 e. The van der Waals surface area contributed by atoms with Crippen LogP contribution in [-0.4, -0.2) is 16.8 Å². The first-order valence-electron chi connectivity index (χ1n) is 4.95. The zero-order chi connectivity index (χ0) is 13.0. The van der Waals surface area contributed by atoms with Gasteiger partial charge in [-0.1, -0.05) is 13.0 Å². The second-order valence-electron chi connectivity index (χ2n) is 3.30. The quantitative estimate of drug-likeness (QED) is 0.818. The molecule has 0 atom stereocenters. The average molecular weight is 264 g/mol. The van der Waals surface area contributed by atoms with Gasteiger partial charge in [-0.05, 0) is 18.2 Å². The van der Waals surface area contributed by atoms with E-state index in [9.17, 15) is 18.0 Å². The fourth-order valence-corrected chi connectivity index (χ4v) is 2.23. The van der Waals surface area contributed by atoms with Crippen LogP contribution in [-0.2, 0) is 0 Å². The second kappa shape index (κ2) is 5.95. The first kappa shape index (κ1) is 13.9. The lowest BCUT2D eigenvalue weighted by Gasteiger charge is -2.10. The van der Waals surface area contributed by atoms with Crippen LogP contribution in [0.4, 0.5) is 13.2 Å². The minimum Gasteiger partial charge on any atom is -0.478 e. The van der Waals surface area contributed by atoms with E-state index in [1.54, 1.807) is 0 Å². The summed E-state index contributed by atoms with van der Waals surface area (Å²) in [5.41, 5.74) is -1.03. The Morgan fingerprint density at radius 2 is 2.12 bits per heavy atom. The average Bonchev–Trinajstić information content (AvgIpc) is 2.26. The first-order chi connectivity index (χ1) is 7.99. The van der Waals surface area contributed by atoms with Crippen molar-refractivity contribution >= 4 is 17.7 Å². The minimum absolute atomic E-state index is 0.262. The molecule has 0 aliphatic carbocycles. The maximum Gasteiger partial charge on any atom is 0.338 e. The summed E-state index contributed by atoms with van der Waals surface area (Å²) in [6, 6.07) is 1.84. The molecule has 2 nitrogen and oxygen atoms in total. The molecular formula is C11H11F3O2S. The zero-order valence-electron chi connectivity index (χ0n) is 9.04. The monoisotopic (exact) mass is 264 g/mol. The number of alkyl halides is 2. The van der Waals surface area contributed by atoms with Crippen molar-refractivity contribution in [2.75, 3.05) is 5.75 Å². The number of hydrogen-bond donors (Lipinski definition) is 1. The molecule has 0 aliphatic rings. The Morgan fingerprint density at radius 1 is 1.47 bits per heavy atom. The molecule has 17 heavy (non-hydrogen) atoms. The van der Waals surface area contributed by atoms with Crippen LogP contribution in [0.15, 0.2) is 17.0 Å². The minimum atomic E-state index is -2.81. The van der Waals surface area contributed by atoms with Gasteiger partial charge in [-0.3, -0.25) is 0 Å². The van der Waals surface area contributed by atoms with Gasteiger partial charge in [0.1, 0.15) is 0 Å². The van der Waals surface area contributed by atoms with Crippen LogP contribution >= 0.6 is 11.8 Å². The molecular weight excluding hydrogens is 253 g/mol. The molecule has 0 bridgehead atoms. The highest BCUT2D eigenvalue weighted by atomic mass is 32.2. The van der Waals surface area contributed by atoms with E-state index >= 15 is 0 Å². The van der Waals surface area contributed by atoms with Gasteiger partial charge in [0.15, 0.2) is 5.82 Å². The van der Waals surface area contributed by atoms with Gasteiger partial charge in [0.2, 0.25) is 0 Å². The third-order valence-corrected chi connectivity index (χ3v) is 3.36. The third-order valence-electron chi connectivity index (χ3n) is 2.04. The van der Waals surface area contributed by atoms with E-state index < -0.39 is 29.3 Å². The van der Waals surface area contributed by atoms with Crippen molar-refractivity contribution in [3.8, 4) is 0 Å². The van der Waals surface area contributed by atoms with Gasteiger partial charge in [-0.25, -0.2) is 18.0 Å². The van der Waals surface area contributed by atoms with Crippen LogP contribution in [0.3, 0.4) is 0 Å². The molecule has 0 heterocycles. The SMILES string of the molecule is CCCSc1c(C(F)F)ccc(C(=O)O)c1F.